The molecular weight excluding hydrogens is 292 g/mol. The minimum atomic E-state index is -0.149. The van der Waals surface area contributed by atoms with Crippen molar-refractivity contribution < 1.29 is 9.53 Å². The van der Waals surface area contributed by atoms with Crippen molar-refractivity contribution in [2.24, 2.45) is 0 Å². The van der Waals surface area contributed by atoms with Crippen molar-refractivity contribution in [3.05, 3.63) is 45.7 Å². The first kappa shape index (κ1) is 15.5. The van der Waals surface area contributed by atoms with Crippen LogP contribution in [0.4, 0.5) is 0 Å². The van der Waals surface area contributed by atoms with E-state index in [2.05, 4.69) is 5.32 Å². The van der Waals surface area contributed by atoms with Crippen molar-refractivity contribution in [2.75, 3.05) is 13.7 Å². The molecule has 2 aromatic rings. The van der Waals surface area contributed by atoms with Gasteiger partial charge in [-0.25, -0.2) is 0 Å². The molecule has 0 radical (unpaired) electrons. The third kappa shape index (κ3) is 3.83. The molecule has 0 bridgehead atoms. The number of benzene rings is 1. The van der Waals surface area contributed by atoms with Gasteiger partial charge in [-0.05, 0) is 25.1 Å². The van der Waals surface area contributed by atoms with Crippen molar-refractivity contribution in [2.45, 2.75) is 19.5 Å². The zero-order chi connectivity index (χ0) is 15.4. The standard InChI is InChI=1S/C15H17ClN2O3/c1-10(9-21-2)17-15(20)8-18-6-5-14(19)12-4-3-11(16)7-13(12)18/h3-7,10H,8-9H2,1-2H3,(H,17,20)/t10-/m1/s1. The summed E-state index contributed by atoms with van der Waals surface area (Å²) in [7, 11) is 1.58. The monoisotopic (exact) mass is 308 g/mol. The number of aromatic nitrogens is 1. The Bertz CT molecular complexity index is 712. The predicted octanol–water partition coefficient (Wildman–Crippen LogP) is 1.81. The zero-order valence-electron chi connectivity index (χ0n) is 11.9. The van der Waals surface area contributed by atoms with Crippen molar-refractivity contribution in [3.63, 3.8) is 0 Å². The van der Waals surface area contributed by atoms with E-state index in [0.29, 0.717) is 22.5 Å². The molecule has 1 N–H and O–H groups in total. The van der Waals surface area contributed by atoms with Gasteiger partial charge in [0.05, 0.1) is 12.1 Å². The van der Waals surface area contributed by atoms with Crippen LogP contribution in [-0.2, 0) is 16.1 Å². The summed E-state index contributed by atoms with van der Waals surface area (Å²) in [5, 5.41) is 3.89. The molecule has 1 amide bonds. The van der Waals surface area contributed by atoms with Gasteiger partial charge in [0, 0.05) is 35.8 Å². The van der Waals surface area contributed by atoms with E-state index in [0.717, 1.165) is 0 Å². The molecule has 0 saturated carbocycles. The number of pyridine rings is 1. The molecule has 5 nitrogen and oxygen atoms in total. The summed E-state index contributed by atoms with van der Waals surface area (Å²) in [6.07, 6.45) is 1.60. The average molecular weight is 309 g/mol. The molecule has 6 heteroatoms. The Morgan fingerprint density at radius 2 is 2.19 bits per heavy atom. The molecule has 0 spiro atoms. The van der Waals surface area contributed by atoms with Gasteiger partial charge in [0.2, 0.25) is 5.91 Å². The largest absolute Gasteiger partial charge is 0.383 e. The quantitative estimate of drug-likeness (QED) is 0.916. The smallest absolute Gasteiger partial charge is 0.240 e. The molecule has 0 unspecified atom stereocenters. The molecule has 0 aliphatic heterocycles. The number of nitrogens with one attached hydrogen (secondary N) is 1. The van der Waals surface area contributed by atoms with Crippen LogP contribution in [0.5, 0.6) is 0 Å². The Morgan fingerprint density at radius 1 is 1.43 bits per heavy atom. The molecule has 1 atom stereocenters. The van der Waals surface area contributed by atoms with Gasteiger partial charge >= 0.3 is 0 Å². The van der Waals surface area contributed by atoms with Crippen LogP contribution in [0.25, 0.3) is 10.9 Å². The Morgan fingerprint density at radius 3 is 2.90 bits per heavy atom. The van der Waals surface area contributed by atoms with Crippen molar-refractivity contribution >= 4 is 28.4 Å². The van der Waals surface area contributed by atoms with Gasteiger partial charge < -0.3 is 14.6 Å². The molecule has 21 heavy (non-hydrogen) atoms. The molecule has 2 rings (SSSR count). The SMILES string of the molecule is COC[C@@H](C)NC(=O)Cn1ccc(=O)c2ccc(Cl)cc21. The minimum Gasteiger partial charge on any atom is -0.383 e. The van der Waals surface area contributed by atoms with E-state index < -0.39 is 0 Å². The Kier molecular flexibility index (Phi) is 4.98. The number of amides is 1. The summed E-state index contributed by atoms with van der Waals surface area (Å²) in [6.45, 7) is 2.43. The average Bonchev–Trinajstić information content (AvgIpc) is 2.42. The maximum atomic E-state index is 12.0. The van der Waals surface area contributed by atoms with E-state index in [1.807, 2.05) is 6.92 Å². The fraction of sp³-hybridized carbons (Fsp3) is 0.333. The molecule has 0 saturated heterocycles. The Labute approximate surface area is 127 Å². The fourth-order valence-electron chi connectivity index (χ4n) is 2.18. The second-order valence-corrected chi connectivity index (χ2v) is 5.33. The molecule has 0 aliphatic carbocycles. The van der Waals surface area contributed by atoms with Crippen LogP contribution in [0, 0.1) is 0 Å². The third-order valence-corrected chi connectivity index (χ3v) is 3.31. The van der Waals surface area contributed by atoms with E-state index in [9.17, 15) is 9.59 Å². The number of fused-ring (bicyclic) bond motifs is 1. The molecule has 0 fully saturated rings. The highest BCUT2D eigenvalue weighted by atomic mass is 35.5. The number of methoxy groups -OCH3 is 1. The number of hydrogen-bond donors (Lipinski definition) is 1. The number of ether oxygens (including phenoxy) is 1. The number of nitrogens with zero attached hydrogens (tertiary/aromatic N) is 1. The van der Waals surface area contributed by atoms with Gasteiger partial charge in [0.15, 0.2) is 5.43 Å². The number of carbonyl (C=O) groups is 1. The van der Waals surface area contributed by atoms with E-state index in [-0.39, 0.29) is 23.9 Å². The fourth-order valence-corrected chi connectivity index (χ4v) is 2.35. The van der Waals surface area contributed by atoms with Gasteiger partial charge in [0.25, 0.3) is 0 Å². The molecule has 0 aliphatic rings. The van der Waals surface area contributed by atoms with Crippen LogP contribution < -0.4 is 10.7 Å². The van der Waals surface area contributed by atoms with Crippen LogP contribution in [0.3, 0.4) is 0 Å². The van der Waals surface area contributed by atoms with Gasteiger partial charge in [0.1, 0.15) is 6.54 Å². The van der Waals surface area contributed by atoms with E-state index in [1.54, 1.807) is 36.1 Å². The molecule has 112 valence electrons. The summed E-state index contributed by atoms with van der Waals surface area (Å²) >= 11 is 5.97. The van der Waals surface area contributed by atoms with E-state index in [4.69, 9.17) is 16.3 Å². The van der Waals surface area contributed by atoms with Gasteiger partial charge in [-0.15, -0.1) is 0 Å². The van der Waals surface area contributed by atoms with E-state index in [1.165, 1.54) is 6.07 Å². The lowest BCUT2D eigenvalue weighted by atomic mass is 10.2. The number of carbonyl (C=O) groups excluding carboxylic acids is 1. The molecule has 1 heterocycles. The lowest BCUT2D eigenvalue weighted by Crippen LogP contribution is -2.37. The minimum absolute atomic E-state index is 0.0725. The highest BCUT2D eigenvalue weighted by Gasteiger charge is 2.10. The maximum absolute atomic E-state index is 12.0. The lowest BCUT2D eigenvalue weighted by molar-refractivity contribution is -0.122. The molecule has 1 aromatic carbocycles. The zero-order valence-corrected chi connectivity index (χ0v) is 12.7. The van der Waals surface area contributed by atoms with E-state index >= 15 is 0 Å². The third-order valence-electron chi connectivity index (χ3n) is 3.08. The first-order valence-electron chi connectivity index (χ1n) is 6.58. The van der Waals surface area contributed by atoms with Gasteiger partial charge in [-0.1, -0.05) is 11.6 Å². The number of rotatable bonds is 5. The first-order valence-corrected chi connectivity index (χ1v) is 6.96. The summed E-state index contributed by atoms with van der Waals surface area (Å²) in [6, 6.07) is 6.39. The first-order chi connectivity index (χ1) is 10.0. The van der Waals surface area contributed by atoms with Crippen molar-refractivity contribution in [1.29, 1.82) is 0 Å². The van der Waals surface area contributed by atoms with Crippen LogP contribution in [0.2, 0.25) is 5.02 Å². The Balaban J connectivity index is 2.26. The van der Waals surface area contributed by atoms with Crippen molar-refractivity contribution in [1.82, 2.24) is 9.88 Å². The molecule has 1 aromatic heterocycles. The molecular formula is C15H17ClN2O3. The lowest BCUT2D eigenvalue weighted by Gasteiger charge is -2.15. The Hall–Kier alpha value is -1.85. The van der Waals surface area contributed by atoms with Crippen LogP contribution in [0.1, 0.15) is 6.92 Å². The van der Waals surface area contributed by atoms with Gasteiger partial charge in [-0.2, -0.15) is 0 Å². The second-order valence-electron chi connectivity index (χ2n) is 4.89. The predicted molar refractivity (Wildman–Crippen MR) is 82.7 cm³/mol. The highest BCUT2D eigenvalue weighted by molar-refractivity contribution is 6.31. The highest BCUT2D eigenvalue weighted by Crippen LogP contribution is 2.16. The summed E-state index contributed by atoms with van der Waals surface area (Å²) < 4.78 is 6.68. The summed E-state index contributed by atoms with van der Waals surface area (Å²) in [5.41, 5.74) is 0.552. The van der Waals surface area contributed by atoms with Crippen LogP contribution in [-0.4, -0.2) is 30.2 Å². The number of hydrogen-bond acceptors (Lipinski definition) is 3. The van der Waals surface area contributed by atoms with Gasteiger partial charge in [-0.3, -0.25) is 9.59 Å². The summed E-state index contributed by atoms with van der Waals surface area (Å²) in [4.78, 5) is 23.8. The normalized spacial score (nSPS) is 12.3. The number of halogens is 1. The van der Waals surface area contributed by atoms with Crippen molar-refractivity contribution in [3.8, 4) is 0 Å². The topological polar surface area (TPSA) is 60.3 Å². The summed E-state index contributed by atoms with van der Waals surface area (Å²) in [5.74, 6) is -0.149. The van der Waals surface area contributed by atoms with Crippen LogP contribution >= 0.6 is 11.6 Å². The maximum Gasteiger partial charge on any atom is 0.240 e. The second kappa shape index (κ2) is 6.74. The van der Waals surface area contributed by atoms with Crippen LogP contribution in [0.15, 0.2) is 35.3 Å².